The predicted octanol–water partition coefficient (Wildman–Crippen LogP) is 3.35. The molecule has 2 amide bonds. The van der Waals surface area contributed by atoms with Gasteiger partial charge in [0.25, 0.3) is 0 Å². The average Bonchev–Trinajstić information content (AvgIpc) is 2.69. The summed E-state index contributed by atoms with van der Waals surface area (Å²) in [5, 5.41) is 2.88. The first kappa shape index (κ1) is 19.0. The second-order valence-electron chi connectivity index (χ2n) is 6.73. The van der Waals surface area contributed by atoms with E-state index >= 15 is 0 Å². The van der Waals surface area contributed by atoms with Crippen molar-refractivity contribution in [1.82, 2.24) is 10.2 Å². The van der Waals surface area contributed by atoms with Crippen LogP contribution in [0.1, 0.15) is 11.1 Å². The molecule has 1 aliphatic rings. The molecule has 1 aliphatic heterocycles. The number of urea groups is 1. The molecule has 27 heavy (non-hydrogen) atoms. The van der Waals surface area contributed by atoms with Gasteiger partial charge in [0.2, 0.25) is 0 Å². The van der Waals surface area contributed by atoms with Crippen LogP contribution in [0.25, 0.3) is 0 Å². The number of piperazine rings is 1. The molecule has 0 saturated carbocycles. The summed E-state index contributed by atoms with van der Waals surface area (Å²) in [6, 6.07) is 12.1. The van der Waals surface area contributed by atoms with Crippen LogP contribution < -0.4 is 15.0 Å². The zero-order valence-electron chi connectivity index (χ0n) is 15.9. The fourth-order valence-corrected chi connectivity index (χ4v) is 3.20. The third kappa shape index (κ3) is 4.90. The average molecular weight is 371 g/mol. The molecular formula is C21H26FN3O2. The summed E-state index contributed by atoms with van der Waals surface area (Å²) in [6.45, 7) is 8.05. The molecule has 0 spiro atoms. The topological polar surface area (TPSA) is 44.8 Å². The minimum Gasteiger partial charge on any atom is -0.492 e. The van der Waals surface area contributed by atoms with Crippen molar-refractivity contribution in [2.24, 2.45) is 0 Å². The third-order valence-corrected chi connectivity index (χ3v) is 4.94. The summed E-state index contributed by atoms with van der Waals surface area (Å²) in [5.74, 6) is 0.295. The van der Waals surface area contributed by atoms with E-state index in [0.29, 0.717) is 32.0 Å². The van der Waals surface area contributed by atoms with E-state index in [4.69, 9.17) is 4.74 Å². The van der Waals surface area contributed by atoms with E-state index in [0.717, 1.165) is 13.1 Å². The number of anilines is 1. The van der Waals surface area contributed by atoms with Crippen molar-refractivity contribution in [3.05, 3.63) is 59.4 Å². The standard InChI is InChI=1S/C21H26FN3O2/c1-16-4-3-5-20(17(16)2)24-11-13-25(14-12-24)21(26)23-10-15-27-19-8-6-18(22)7-9-19/h3-9H,10-15H2,1-2H3,(H,23,26). The van der Waals surface area contributed by atoms with Crippen molar-refractivity contribution < 1.29 is 13.9 Å². The fraction of sp³-hybridized carbons (Fsp3) is 0.381. The zero-order valence-corrected chi connectivity index (χ0v) is 15.9. The molecule has 0 bridgehead atoms. The normalized spacial score (nSPS) is 14.2. The van der Waals surface area contributed by atoms with E-state index in [2.05, 4.69) is 42.3 Å². The molecule has 3 rings (SSSR count). The number of nitrogens with one attached hydrogen (secondary N) is 1. The number of ether oxygens (including phenoxy) is 1. The third-order valence-electron chi connectivity index (χ3n) is 4.94. The maximum atomic E-state index is 12.8. The van der Waals surface area contributed by atoms with Crippen LogP contribution in [0, 0.1) is 19.7 Å². The maximum absolute atomic E-state index is 12.8. The number of halogens is 1. The number of carbonyl (C=O) groups excluding carboxylic acids is 1. The van der Waals surface area contributed by atoms with Gasteiger partial charge in [-0.1, -0.05) is 12.1 Å². The van der Waals surface area contributed by atoms with Gasteiger partial charge in [-0.2, -0.15) is 0 Å². The fourth-order valence-electron chi connectivity index (χ4n) is 3.20. The highest BCUT2D eigenvalue weighted by molar-refractivity contribution is 5.74. The lowest BCUT2D eigenvalue weighted by molar-refractivity contribution is 0.191. The summed E-state index contributed by atoms with van der Waals surface area (Å²) in [6.07, 6.45) is 0. The number of hydrogen-bond acceptors (Lipinski definition) is 3. The van der Waals surface area contributed by atoms with Gasteiger partial charge in [-0.05, 0) is 55.3 Å². The van der Waals surface area contributed by atoms with Gasteiger partial charge < -0.3 is 19.9 Å². The van der Waals surface area contributed by atoms with Crippen LogP contribution >= 0.6 is 0 Å². The van der Waals surface area contributed by atoms with Crippen LogP contribution in [0.15, 0.2) is 42.5 Å². The lowest BCUT2D eigenvalue weighted by Crippen LogP contribution is -2.52. The molecule has 1 saturated heterocycles. The van der Waals surface area contributed by atoms with Crippen LogP contribution in [0.4, 0.5) is 14.9 Å². The minimum absolute atomic E-state index is 0.0710. The molecule has 2 aromatic rings. The Morgan fingerprint density at radius 1 is 1.07 bits per heavy atom. The highest BCUT2D eigenvalue weighted by atomic mass is 19.1. The van der Waals surface area contributed by atoms with E-state index in [9.17, 15) is 9.18 Å². The Kier molecular flexibility index (Phi) is 6.16. The first-order valence-corrected chi connectivity index (χ1v) is 9.27. The van der Waals surface area contributed by atoms with Crippen LogP contribution in [0.2, 0.25) is 0 Å². The quantitative estimate of drug-likeness (QED) is 0.820. The largest absolute Gasteiger partial charge is 0.492 e. The highest BCUT2D eigenvalue weighted by Gasteiger charge is 2.22. The Balaban J connectivity index is 1.40. The van der Waals surface area contributed by atoms with E-state index in [1.807, 2.05) is 4.90 Å². The van der Waals surface area contributed by atoms with Crippen LogP contribution in [-0.2, 0) is 0 Å². The number of rotatable bonds is 5. The molecule has 2 aromatic carbocycles. The molecule has 0 aliphatic carbocycles. The summed E-state index contributed by atoms with van der Waals surface area (Å²) in [4.78, 5) is 16.5. The summed E-state index contributed by atoms with van der Waals surface area (Å²) in [7, 11) is 0. The molecular weight excluding hydrogens is 345 g/mol. The van der Waals surface area contributed by atoms with Gasteiger partial charge in [0, 0.05) is 31.9 Å². The Labute approximate surface area is 159 Å². The molecule has 0 atom stereocenters. The Bertz CT molecular complexity index is 771. The second-order valence-corrected chi connectivity index (χ2v) is 6.73. The molecule has 0 radical (unpaired) electrons. The number of aryl methyl sites for hydroxylation is 1. The summed E-state index contributed by atoms with van der Waals surface area (Å²) >= 11 is 0. The van der Waals surface area contributed by atoms with Crippen molar-refractivity contribution in [2.45, 2.75) is 13.8 Å². The van der Waals surface area contributed by atoms with Gasteiger partial charge in [-0.3, -0.25) is 0 Å². The molecule has 0 unspecified atom stereocenters. The first-order chi connectivity index (χ1) is 13.0. The molecule has 1 N–H and O–H groups in total. The number of nitrogens with zero attached hydrogens (tertiary/aromatic N) is 2. The molecule has 144 valence electrons. The predicted molar refractivity (Wildman–Crippen MR) is 105 cm³/mol. The molecule has 1 heterocycles. The molecule has 0 aromatic heterocycles. The van der Waals surface area contributed by atoms with Crippen molar-refractivity contribution >= 4 is 11.7 Å². The molecule has 6 heteroatoms. The van der Waals surface area contributed by atoms with Gasteiger partial charge >= 0.3 is 6.03 Å². The number of benzene rings is 2. The van der Waals surface area contributed by atoms with E-state index in [-0.39, 0.29) is 11.8 Å². The van der Waals surface area contributed by atoms with E-state index in [1.165, 1.54) is 28.9 Å². The SMILES string of the molecule is Cc1cccc(N2CCN(C(=O)NCCOc3ccc(F)cc3)CC2)c1C. The lowest BCUT2D eigenvalue weighted by atomic mass is 10.1. The molecule has 5 nitrogen and oxygen atoms in total. The maximum Gasteiger partial charge on any atom is 0.317 e. The molecule has 1 fully saturated rings. The smallest absolute Gasteiger partial charge is 0.317 e. The van der Waals surface area contributed by atoms with Crippen LogP contribution in [0.3, 0.4) is 0 Å². The van der Waals surface area contributed by atoms with E-state index in [1.54, 1.807) is 12.1 Å². The Hall–Kier alpha value is -2.76. The monoisotopic (exact) mass is 371 g/mol. The highest BCUT2D eigenvalue weighted by Crippen LogP contribution is 2.23. The van der Waals surface area contributed by atoms with Gasteiger partial charge in [0.15, 0.2) is 0 Å². The van der Waals surface area contributed by atoms with Gasteiger partial charge in [-0.25, -0.2) is 9.18 Å². The van der Waals surface area contributed by atoms with Crippen molar-refractivity contribution in [3.8, 4) is 5.75 Å². The Morgan fingerprint density at radius 3 is 2.48 bits per heavy atom. The number of carbonyl (C=O) groups is 1. The minimum atomic E-state index is -0.296. The number of hydrogen-bond donors (Lipinski definition) is 1. The van der Waals surface area contributed by atoms with Crippen LogP contribution in [0.5, 0.6) is 5.75 Å². The van der Waals surface area contributed by atoms with Gasteiger partial charge in [0.05, 0.1) is 6.54 Å². The van der Waals surface area contributed by atoms with Gasteiger partial charge in [0.1, 0.15) is 18.2 Å². The van der Waals surface area contributed by atoms with Gasteiger partial charge in [-0.15, -0.1) is 0 Å². The summed E-state index contributed by atoms with van der Waals surface area (Å²) < 4.78 is 18.3. The lowest BCUT2D eigenvalue weighted by Gasteiger charge is -2.37. The zero-order chi connectivity index (χ0) is 19.2. The van der Waals surface area contributed by atoms with Crippen LogP contribution in [-0.4, -0.2) is 50.3 Å². The van der Waals surface area contributed by atoms with E-state index < -0.39 is 0 Å². The first-order valence-electron chi connectivity index (χ1n) is 9.27. The second kappa shape index (κ2) is 8.75. The van der Waals surface area contributed by atoms with Crippen molar-refractivity contribution in [1.29, 1.82) is 0 Å². The Morgan fingerprint density at radius 2 is 1.78 bits per heavy atom. The van der Waals surface area contributed by atoms with Crippen molar-refractivity contribution in [3.63, 3.8) is 0 Å². The summed E-state index contributed by atoms with van der Waals surface area (Å²) in [5.41, 5.74) is 3.84. The van der Waals surface area contributed by atoms with Crippen molar-refractivity contribution in [2.75, 3.05) is 44.2 Å². The number of amides is 2.